The van der Waals surface area contributed by atoms with Gasteiger partial charge in [-0.05, 0) is 38.0 Å². The molecule has 1 aliphatic rings. The quantitative estimate of drug-likeness (QED) is 0.658. The molecule has 2 aromatic rings. The second-order valence-electron chi connectivity index (χ2n) is 6.92. The minimum Gasteiger partial charge on any atom is -0.379 e. The number of nitrogens with zero attached hydrogens (tertiary/aromatic N) is 4. The zero-order chi connectivity index (χ0) is 19.9. The summed E-state index contributed by atoms with van der Waals surface area (Å²) >= 11 is 7.58. The molecule has 1 aliphatic heterocycles. The van der Waals surface area contributed by atoms with E-state index < -0.39 is 0 Å². The third kappa shape index (κ3) is 5.94. The molecule has 1 N–H and O–H groups in total. The minimum atomic E-state index is -0.00374. The summed E-state index contributed by atoms with van der Waals surface area (Å²) in [4.78, 5) is 14.7. The lowest BCUT2D eigenvalue weighted by atomic mass is 10.2. The van der Waals surface area contributed by atoms with E-state index in [1.165, 1.54) is 11.8 Å². The lowest BCUT2D eigenvalue weighted by molar-refractivity contribution is -0.119. The normalized spacial score (nSPS) is 16.1. The Morgan fingerprint density at radius 3 is 2.93 bits per heavy atom. The average Bonchev–Trinajstić information content (AvgIpc) is 3.16. The third-order valence-corrected chi connectivity index (χ3v) is 6.02. The molecule has 1 atom stereocenters. The number of benzene rings is 1. The Balaban J connectivity index is 1.47. The summed E-state index contributed by atoms with van der Waals surface area (Å²) in [5, 5.41) is 12.5. The number of nitrogens with one attached hydrogen (secondary N) is 1. The molecule has 1 amide bonds. The van der Waals surface area contributed by atoms with Gasteiger partial charge in [-0.1, -0.05) is 29.4 Å². The van der Waals surface area contributed by atoms with Gasteiger partial charge in [-0.2, -0.15) is 0 Å². The van der Waals surface area contributed by atoms with E-state index in [1.54, 1.807) is 6.33 Å². The Bertz CT molecular complexity index is 794. The zero-order valence-corrected chi connectivity index (χ0v) is 17.8. The van der Waals surface area contributed by atoms with Crippen molar-refractivity contribution in [2.45, 2.75) is 31.5 Å². The number of morpholine rings is 1. The Kier molecular flexibility index (Phi) is 7.73. The fourth-order valence-electron chi connectivity index (χ4n) is 2.95. The number of hydrogen-bond donors (Lipinski definition) is 1. The molecule has 1 aromatic carbocycles. The molecule has 2 heterocycles. The number of carbonyl (C=O) groups excluding carboxylic acids is 1. The molecule has 1 fully saturated rings. The fourth-order valence-corrected chi connectivity index (χ4v) is 3.87. The predicted octanol–water partition coefficient (Wildman–Crippen LogP) is 2.55. The summed E-state index contributed by atoms with van der Waals surface area (Å²) < 4.78 is 7.20. The highest BCUT2D eigenvalue weighted by Gasteiger charge is 2.15. The molecular formula is C19H26ClN5O2S. The molecular weight excluding hydrogens is 398 g/mol. The number of hydrogen-bond acceptors (Lipinski definition) is 6. The van der Waals surface area contributed by atoms with E-state index in [0.29, 0.717) is 15.9 Å². The molecule has 9 heteroatoms. The molecule has 3 rings (SSSR count). The summed E-state index contributed by atoms with van der Waals surface area (Å²) in [6.45, 7) is 8.50. The van der Waals surface area contributed by atoms with E-state index in [0.717, 1.165) is 50.5 Å². The maximum Gasteiger partial charge on any atom is 0.230 e. The van der Waals surface area contributed by atoms with Crippen molar-refractivity contribution in [3.8, 4) is 5.69 Å². The van der Waals surface area contributed by atoms with Gasteiger partial charge in [-0.15, -0.1) is 10.2 Å². The van der Waals surface area contributed by atoms with Crippen LogP contribution in [0.2, 0.25) is 5.02 Å². The van der Waals surface area contributed by atoms with Gasteiger partial charge in [0.1, 0.15) is 6.33 Å². The molecule has 28 heavy (non-hydrogen) atoms. The molecule has 0 bridgehead atoms. The first-order chi connectivity index (χ1) is 13.5. The predicted molar refractivity (Wildman–Crippen MR) is 111 cm³/mol. The van der Waals surface area contributed by atoms with Gasteiger partial charge in [0.15, 0.2) is 5.16 Å². The van der Waals surface area contributed by atoms with Gasteiger partial charge in [-0.3, -0.25) is 14.3 Å². The van der Waals surface area contributed by atoms with E-state index in [2.05, 4.69) is 20.4 Å². The number of carbonyl (C=O) groups is 1. The van der Waals surface area contributed by atoms with Gasteiger partial charge in [0.25, 0.3) is 0 Å². The summed E-state index contributed by atoms with van der Waals surface area (Å²) in [6, 6.07) is 5.92. The number of ether oxygens (including phenoxy) is 1. The van der Waals surface area contributed by atoms with Gasteiger partial charge in [0.05, 0.1) is 24.7 Å². The second kappa shape index (κ2) is 10.2. The number of rotatable bonds is 8. The van der Waals surface area contributed by atoms with Crippen LogP contribution >= 0.6 is 23.4 Å². The smallest absolute Gasteiger partial charge is 0.230 e. The second-order valence-corrected chi connectivity index (χ2v) is 8.27. The lowest BCUT2D eigenvalue weighted by Crippen LogP contribution is -2.40. The Labute approximate surface area is 174 Å². The van der Waals surface area contributed by atoms with Crippen LogP contribution in [-0.2, 0) is 9.53 Å². The van der Waals surface area contributed by atoms with Crippen molar-refractivity contribution in [2.24, 2.45) is 0 Å². The van der Waals surface area contributed by atoms with Crippen LogP contribution in [0.3, 0.4) is 0 Å². The van der Waals surface area contributed by atoms with Gasteiger partial charge >= 0.3 is 0 Å². The lowest BCUT2D eigenvalue weighted by Gasteiger charge is -2.27. The highest BCUT2D eigenvalue weighted by Crippen LogP contribution is 2.23. The van der Waals surface area contributed by atoms with Crippen molar-refractivity contribution >= 4 is 29.3 Å². The van der Waals surface area contributed by atoms with E-state index >= 15 is 0 Å². The molecule has 0 radical (unpaired) electrons. The van der Waals surface area contributed by atoms with Crippen LogP contribution < -0.4 is 5.32 Å². The van der Waals surface area contributed by atoms with Crippen molar-refractivity contribution in [1.29, 1.82) is 0 Å². The van der Waals surface area contributed by atoms with Crippen LogP contribution in [0.5, 0.6) is 0 Å². The molecule has 0 aliphatic carbocycles. The number of amides is 1. The van der Waals surface area contributed by atoms with Gasteiger partial charge in [0, 0.05) is 30.7 Å². The first-order valence-electron chi connectivity index (χ1n) is 9.42. The van der Waals surface area contributed by atoms with E-state index in [-0.39, 0.29) is 11.9 Å². The summed E-state index contributed by atoms with van der Waals surface area (Å²) in [5.41, 5.74) is 1.89. The van der Waals surface area contributed by atoms with Crippen LogP contribution in [-0.4, -0.2) is 70.2 Å². The minimum absolute atomic E-state index is 0.00374. The highest BCUT2D eigenvalue weighted by molar-refractivity contribution is 7.99. The van der Waals surface area contributed by atoms with Crippen molar-refractivity contribution in [1.82, 2.24) is 25.0 Å². The molecule has 152 valence electrons. The number of halogens is 1. The summed E-state index contributed by atoms with van der Waals surface area (Å²) in [6.07, 6.45) is 2.56. The van der Waals surface area contributed by atoms with Crippen LogP contribution in [0.1, 0.15) is 18.9 Å². The highest BCUT2D eigenvalue weighted by atomic mass is 35.5. The molecule has 0 spiro atoms. The van der Waals surface area contributed by atoms with Crippen LogP contribution in [0.25, 0.3) is 5.69 Å². The molecule has 1 saturated heterocycles. The van der Waals surface area contributed by atoms with Gasteiger partial charge in [-0.25, -0.2) is 0 Å². The largest absolute Gasteiger partial charge is 0.379 e. The SMILES string of the molecule is Cc1ccc(-n2cnnc2SCC(=O)NC(C)CCN2CCOCC2)cc1Cl. The van der Waals surface area contributed by atoms with Crippen LogP contribution in [0.15, 0.2) is 29.7 Å². The Morgan fingerprint density at radius 1 is 1.39 bits per heavy atom. The topological polar surface area (TPSA) is 72.3 Å². The Hall–Kier alpha value is -1.61. The maximum atomic E-state index is 12.3. The molecule has 1 unspecified atom stereocenters. The number of thioether (sulfide) groups is 1. The Morgan fingerprint density at radius 2 is 2.18 bits per heavy atom. The van der Waals surface area contributed by atoms with Gasteiger partial charge in [0.2, 0.25) is 5.91 Å². The van der Waals surface area contributed by atoms with E-state index in [4.69, 9.17) is 16.3 Å². The van der Waals surface area contributed by atoms with Crippen LogP contribution in [0.4, 0.5) is 0 Å². The zero-order valence-electron chi connectivity index (χ0n) is 16.2. The standard InChI is InChI=1S/C19H26ClN5O2S/c1-14-3-4-16(11-17(14)20)25-13-21-23-19(25)28-12-18(26)22-15(2)5-6-24-7-9-27-10-8-24/h3-4,11,13,15H,5-10,12H2,1-2H3,(H,22,26). The fraction of sp³-hybridized carbons (Fsp3) is 0.526. The summed E-state index contributed by atoms with van der Waals surface area (Å²) in [7, 11) is 0. The van der Waals surface area contributed by atoms with Crippen molar-refractivity contribution < 1.29 is 9.53 Å². The van der Waals surface area contributed by atoms with Gasteiger partial charge < -0.3 is 10.1 Å². The average molecular weight is 424 g/mol. The van der Waals surface area contributed by atoms with E-state index in [9.17, 15) is 4.79 Å². The monoisotopic (exact) mass is 423 g/mol. The van der Waals surface area contributed by atoms with Crippen LogP contribution in [0, 0.1) is 6.92 Å². The van der Waals surface area contributed by atoms with Crippen molar-refractivity contribution in [2.75, 3.05) is 38.6 Å². The first-order valence-corrected chi connectivity index (χ1v) is 10.8. The van der Waals surface area contributed by atoms with Crippen molar-refractivity contribution in [3.63, 3.8) is 0 Å². The van der Waals surface area contributed by atoms with E-state index in [1.807, 2.05) is 36.6 Å². The molecule has 1 aromatic heterocycles. The maximum absolute atomic E-state index is 12.3. The number of aryl methyl sites for hydroxylation is 1. The molecule has 0 saturated carbocycles. The first kappa shape index (κ1) is 21.1. The molecule has 7 nitrogen and oxygen atoms in total. The third-order valence-electron chi connectivity index (χ3n) is 4.67. The van der Waals surface area contributed by atoms with Crippen molar-refractivity contribution in [3.05, 3.63) is 35.1 Å². The number of aromatic nitrogens is 3. The summed E-state index contributed by atoms with van der Waals surface area (Å²) in [5.74, 6) is 0.288.